The number of imidazole rings is 1. The molecule has 1 heterocycles. The summed E-state index contributed by atoms with van der Waals surface area (Å²) >= 11 is 0. The van der Waals surface area contributed by atoms with Gasteiger partial charge in [-0.25, -0.2) is 4.98 Å². The van der Waals surface area contributed by atoms with Crippen LogP contribution in [-0.4, -0.2) is 30.2 Å². The van der Waals surface area contributed by atoms with Crippen LogP contribution in [0.25, 0.3) is 0 Å². The second-order valence-corrected chi connectivity index (χ2v) is 10.5. The first-order chi connectivity index (χ1) is 7.38. The van der Waals surface area contributed by atoms with Gasteiger partial charge < -0.3 is 19.2 Å². The topological polar surface area (TPSA) is 67.2 Å². The molecule has 0 radical (unpaired) electrons. The van der Waals surface area contributed by atoms with E-state index in [4.69, 9.17) is 4.74 Å². The Hall–Kier alpha value is -0.143. The first kappa shape index (κ1) is 16.9. The molecule has 1 aromatic rings. The van der Waals surface area contributed by atoms with Gasteiger partial charge in [-0.15, -0.1) is 0 Å². The van der Waals surface area contributed by atoms with Crippen LogP contribution < -0.4 is 34.7 Å². The molecule has 0 atom stereocenters. The van der Waals surface area contributed by atoms with Crippen molar-refractivity contribution < 1.29 is 44.2 Å². The van der Waals surface area contributed by atoms with Gasteiger partial charge in [0.2, 0.25) is 0 Å². The molecular weight excluding hydrogens is 247 g/mol. The van der Waals surface area contributed by atoms with Gasteiger partial charge in [0.05, 0.1) is 12.3 Å². The Morgan fingerprint density at radius 2 is 2.18 bits per heavy atom. The van der Waals surface area contributed by atoms with Crippen LogP contribution in [0.15, 0.2) is 12.5 Å². The van der Waals surface area contributed by atoms with Crippen LogP contribution in [-0.2, 0) is 11.5 Å². The zero-order valence-electron chi connectivity index (χ0n) is 10.9. The van der Waals surface area contributed by atoms with E-state index < -0.39 is 14.0 Å². The van der Waals surface area contributed by atoms with E-state index in [1.165, 1.54) is 12.5 Å². The van der Waals surface area contributed by atoms with Gasteiger partial charge in [0, 0.05) is 20.9 Å². The molecule has 0 amide bonds. The number of hydrogen-bond acceptors (Lipinski definition) is 4. The van der Waals surface area contributed by atoms with Crippen LogP contribution >= 0.6 is 0 Å². The number of carbonyl (C=O) groups excluding carboxylic acids is 1. The molecule has 1 rings (SSSR count). The van der Waals surface area contributed by atoms with Crippen molar-refractivity contribution in [2.75, 3.05) is 6.61 Å². The van der Waals surface area contributed by atoms with Crippen molar-refractivity contribution in [1.29, 1.82) is 0 Å². The first-order valence-electron chi connectivity index (χ1n) is 5.19. The number of ether oxygens (including phenoxy) is 1. The smallest absolute Gasteiger partial charge is 0.543 e. The van der Waals surface area contributed by atoms with Gasteiger partial charge >= 0.3 is 29.6 Å². The number of hydrogen-bond donors (Lipinski definition) is 0. The van der Waals surface area contributed by atoms with Crippen molar-refractivity contribution >= 4 is 14.0 Å². The molecule has 0 aliphatic rings. The second-order valence-electron chi connectivity index (χ2n) is 4.91. The van der Waals surface area contributed by atoms with Crippen LogP contribution in [0.4, 0.5) is 0 Å². The molecule has 0 saturated heterocycles. The quantitative estimate of drug-likeness (QED) is 0.423. The van der Waals surface area contributed by atoms with E-state index >= 15 is 0 Å². The minimum atomic E-state index is -1.26. The maximum atomic E-state index is 10.5. The summed E-state index contributed by atoms with van der Waals surface area (Å²) in [4.78, 5) is 14.1. The number of rotatable bonds is 6. The van der Waals surface area contributed by atoms with Gasteiger partial charge in [-0.2, -0.15) is 0 Å². The average Bonchev–Trinajstić information content (AvgIpc) is 2.59. The van der Waals surface area contributed by atoms with Crippen molar-refractivity contribution in [1.82, 2.24) is 9.55 Å². The van der Waals surface area contributed by atoms with Crippen LogP contribution in [0.1, 0.15) is 10.5 Å². The fourth-order valence-electron chi connectivity index (χ4n) is 1.08. The van der Waals surface area contributed by atoms with Crippen molar-refractivity contribution in [3.8, 4) is 0 Å². The first-order valence-corrected chi connectivity index (χ1v) is 8.90. The number of carboxylic acid groups (broad SMARTS) is 1. The molecule has 17 heavy (non-hydrogen) atoms. The van der Waals surface area contributed by atoms with Gasteiger partial charge in [-0.05, 0) is 6.04 Å². The van der Waals surface area contributed by atoms with Crippen LogP contribution in [0.2, 0.25) is 25.7 Å². The number of nitrogens with zero attached hydrogens (tertiary/aromatic N) is 2. The molecule has 0 bridgehead atoms. The zero-order chi connectivity index (χ0) is 12.2. The van der Waals surface area contributed by atoms with Gasteiger partial charge in [0.1, 0.15) is 12.4 Å². The van der Waals surface area contributed by atoms with E-state index in [2.05, 4.69) is 24.6 Å². The summed E-state index contributed by atoms with van der Waals surface area (Å²) < 4.78 is 7.03. The van der Waals surface area contributed by atoms with E-state index in [9.17, 15) is 9.90 Å². The van der Waals surface area contributed by atoms with Gasteiger partial charge in [0.25, 0.3) is 0 Å². The van der Waals surface area contributed by atoms with E-state index in [0.29, 0.717) is 13.3 Å². The van der Waals surface area contributed by atoms with Crippen molar-refractivity contribution in [2.45, 2.75) is 32.4 Å². The summed E-state index contributed by atoms with van der Waals surface area (Å²) in [5.74, 6) is -1.26. The molecule has 5 nitrogen and oxygen atoms in total. The standard InChI is InChI=1S/C10H18N2O3Si.Na/c1-16(2,3)5-4-15-8-12-6-9(10(13)14)11-7-12;/h6-7H,4-5,8H2,1-3H3,(H,13,14);/q;+1/p-1. The predicted molar refractivity (Wildman–Crippen MR) is 60.7 cm³/mol. The van der Waals surface area contributed by atoms with Gasteiger partial charge in [-0.1, -0.05) is 19.6 Å². The maximum absolute atomic E-state index is 10.5. The summed E-state index contributed by atoms with van der Waals surface area (Å²) in [6.45, 7) is 7.88. The molecule has 0 N–H and O–H groups in total. The summed E-state index contributed by atoms with van der Waals surface area (Å²) in [5, 5.41) is 10.5. The largest absolute Gasteiger partial charge is 1.00 e. The normalized spacial score (nSPS) is 11.0. The molecule has 0 saturated carbocycles. The van der Waals surface area contributed by atoms with E-state index in [0.717, 1.165) is 6.04 Å². The number of aromatic carboxylic acids is 1. The number of carbonyl (C=O) groups is 1. The minimum Gasteiger partial charge on any atom is -0.543 e. The number of aromatic nitrogens is 2. The van der Waals surface area contributed by atoms with E-state index in [1.807, 2.05) is 0 Å². The van der Waals surface area contributed by atoms with Crippen molar-refractivity contribution in [2.24, 2.45) is 0 Å². The third kappa shape index (κ3) is 7.00. The minimum absolute atomic E-state index is 0. The second kappa shape index (κ2) is 7.33. The molecule has 90 valence electrons. The Morgan fingerprint density at radius 1 is 1.53 bits per heavy atom. The fourth-order valence-corrected chi connectivity index (χ4v) is 1.84. The Morgan fingerprint density at radius 3 is 2.65 bits per heavy atom. The Kier molecular flexibility index (Phi) is 7.26. The number of carboxylic acids is 1. The monoisotopic (exact) mass is 264 g/mol. The Bertz CT molecular complexity index is 363. The van der Waals surface area contributed by atoms with Gasteiger partial charge in [-0.3, -0.25) is 0 Å². The summed E-state index contributed by atoms with van der Waals surface area (Å²) in [7, 11) is -1.06. The average molecular weight is 264 g/mol. The predicted octanol–water partition coefficient (Wildman–Crippen LogP) is -2.44. The molecule has 0 fully saturated rings. The maximum Gasteiger partial charge on any atom is 1.00 e. The van der Waals surface area contributed by atoms with Crippen LogP contribution in [0.3, 0.4) is 0 Å². The molecule has 0 aliphatic heterocycles. The molecule has 0 aliphatic carbocycles. The van der Waals surface area contributed by atoms with Crippen LogP contribution in [0, 0.1) is 0 Å². The fraction of sp³-hybridized carbons (Fsp3) is 0.600. The van der Waals surface area contributed by atoms with Crippen molar-refractivity contribution in [3.63, 3.8) is 0 Å². The Labute approximate surface area is 124 Å². The SMILES string of the molecule is C[Si](C)(C)CCOCn1cnc(C(=O)[O-])c1.[Na+]. The van der Waals surface area contributed by atoms with Crippen LogP contribution in [0.5, 0.6) is 0 Å². The summed E-state index contributed by atoms with van der Waals surface area (Å²) in [6.07, 6.45) is 2.84. The molecular formula is C10H17N2NaO3Si. The zero-order valence-corrected chi connectivity index (χ0v) is 13.9. The summed E-state index contributed by atoms with van der Waals surface area (Å²) in [6, 6.07) is 1.09. The molecule has 1 aromatic heterocycles. The van der Waals surface area contributed by atoms with Gasteiger partial charge in [0.15, 0.2) is 0 Å². The molecule has 0 unspecified atom stereocenters. The molecule has 7 heteroatoms. The van der Waals surface area contributed by atoms with E-state index in [-0.39, 0.29) is 35.3 Å². The summed E-state index contributed by atoms with van der Waals surface area (Å²) in [5.41, 5.74) is -0.0613. The molecule has 0 spiro atoms. The van der Waals surface area contributed by atoms with E-state index in [1.54, 1.807) is 4.57 Å². The molecule has 0 aromatic carbocycles. The third-order valence-corrected chi connectivity index (χ3v) is 3.78. The van der Waals surface area contributed by atoms with Crippen molar-refractivity contribution in [3.05, 3.63) is 18.2 Å². The Balaban J connectivity index is 0.00000256. The third-order valence-electron chi connectivity index (χ3n) is 2.08.